The van der Waals surface area contributed by atoms with Crippen molar-refractivity contribution >= 4 is 23.0 Å². The molecule has 0 spiro atoms. The largest absolute Gasteiger partial charge is 0.493 e. The molecule has 0 aliphatic rings. The molecule has 2 aromatic rings. The van der Waals surface area contributed by atoms with Crippen molar-refractivity contribution in [1.29, 1.82) is 0 Å². The van der Waals surface area contributed by atoms with E-state index in [1.165, 1.54) is 11.1 Å². The van der Waals surface area contributed by atoms with Crippen LogP contribution in [-0.4, -0.2) is 19.3 Å². The average molecular weight is 373 g/mol. The predicted octanol–water partition coefficient (Wildman–Crippen LogP) is 5.26. The van der Waals surface area contributed by atoms with Crippen molar-refractivity contribution in [2.45, 2.75) is 39.2 Å². The maximum absolute atomic E-state index is 5.49. The van der Waals surface area contributed by atoms with Crippen molar-refractivity contribution in [1.82, 2.24) is 5.32 Å². The summed E-state index contributed by atoms with van der Waals surface area (Å²) in [5.41, 5.74) is 3.42. The van der Waals surface area contributed by atoms with Crippen LogP contribution in [0.3, 0.4) is 0 Å². The summed E-state index contributed by atoms with van der Waals surface area (Å²) in [6.45, 7) is 6.55. The van der Waals surface area contributed by atoms with E-state index in [9.17, 15) is 0 Å². The van der Waals surface area contributed by atoms with Gasteiger partial charge in [-0.2, -0.15) is 0 Å². The van der Waals surface area contributed by atoms with Crippen LogP contribution in [0, 0.1) is 0 Å². The lowest BCUT2D eigenvalue weighted by Gasteiger charge is -2.21. The lowest BCUT2D eigenvalue weighted by Crippen LogP contribution is -2.32. The first-order valence-corrected chi connectivity index (χ1v) is 9.28. The molecule has 2 rings (SSSR count). The fourth-order valence-electron chi connectivity index (χ4n) is 2.77. The quantitative estimate of drug-likeness (QED) is 0.649. The van der Waals surface area contributed by atoms with E-state index in [1.807, 2.05) is 18.2 Å². The first kappa shape index (κ1) is 20.0. The van der Waals surface area contributed by atoms with Gasteiger partial charge in [0.15, 0.2) is 16.6 Å². The fraction of sp³-hybridized carbons (Fsp3) is 0.381. The summed E-state index contributed by atoms with van der Waals surface area (Å²) in [5.74, 6) is 1.88. The van der Waals surface area contributed by atoms with Crippen molar-refractivity contribution in [2.24, 2.45) is 0 Å². The molecule has 1 atom stereocenters. The standard InChI is InChI=1S/C21H28N2O2S/c1-6-18(16-9-7-15(8-10-16)14(2)3)23-21(26)22-17-11-12-19(24-4)20(13-17)25-5/h7-14,18H,6H2,1-5H3,(H2,22,23,26). The number of hydrogen-bond donors (Lipinski definition) is 2. The van der Waals surface area contributed by atoms with Gasteiger partial charge in [-0.15, -0.1) is 0 Å². The molecule has 0 fully saturated rings. The van der Waals surface area contributed by atoms with E-state index in [1.54, 1.807) is 14.2 Å². The Morgan fingerprint density at radius 2 is 1.58 bits per heavy atom. The minimum absolute atomic E-state index is 0.163. The SMILES string of the molecule is CCC(NC(=S)Nc1ccc(OC)c(OC)c1)c1ccc(C(C)C)cc1. The number of anilines is 1. The molecule has 2 N–H and O–H groups in total. The number of methoxy groups -OCH3 is 2. The van der Waals surface area contributed by atoms with E-state index >= 15 is 0 Å². The molecular formula is C21H28N2O2S. The first-order valence-electron chi connectivity index (χ1n) is 8.87. The Morgan fingerprint density at radius 3 is 2.12 bits per heavy atom. The van der Waals surface area contributed by atoms with Gasteiger partial charge in [0.05, 0.1) is 20.3 Å². The summed E-state index contributed by atoms with van der Waals surface area (Å²) in [7, 11) is 3.24. The Bertz CT molecular complexity index is 729. The van der Waals surface area contributed by atoms with E-state index in [0.717, 1.165) is 12.1 Å². The lowest BCUT2D eigenvalue weighted by atomic mass is 9.98. The smallest absolute Gasteiger partial charge is 0.171 e. The van der Waals surface area contributed by atoms with Crippen LogP contribution in [0.1, 0.15) is 50.3 Å². The number of rotatable bonds is 7. The molecule has 0 aliphatic heterocycles. The van der Waals surface area contributed by atoms with E-state index in [0.29, 0.717) is 22.5 Å². The molecule has 0 radical (unpaired) electrons. The van der Waals surface area contributed by atoms with Gasteiger partial charge in [0.2, 0.25) is 0 Å². The molecule has 1 unspecified atom stereocenters. The van der Waals surface area contributed by atoms with Crippen LogP contribution in [0.5, 0.6) is 11.5 Å². The van der Waals surface area contributed by atoms with Crippen molar-refractivity contribution < 1.29 is 9.47 Å². The molecule has 0 heterocycles. The molecule has 0 saturated heterocycles. The van der Waals surface area contributed by atoms with Gasteiger partial charge >= 0.3 is 0 Å². The highest BCUT2D eigenvalue weighted by atomic mass is 32.1. The van der Waals surface area contributed by atoms with Gasteiger partial charge in [0.25, 0.3) is 0 Å². The van der Waals surface area contributed by atoms with Crippen LogP contribution in [0.2, 0.25) is 0 Å². The van der Waals surface area contributed by atoms with Gasteiger partial charge in [-0.05, 0) is 47.8 Å². The maximum atomic E-state index is 5.49. The summed E-state index contributed by atoms with van der Waals surface area (Å²) in [6, 6.07) is 14.5. The second kappa shape index (κ2) is 9.43. The summed E-state index contributed by atoms with van der Waals surface area (Å²) in [6.07, 6.45) is 0.939. The zero-order chi connectivity index (χ0) is 19.1. The average Bonchev–Trinajstić information content (AvgIpc) is 2.66. The molecule has 0 aliphatic carbocycles. The van der Waals surface area contributed by atoms with Gasteiger partial charge in [0, 0.05) is 11.8 Å². The van der Waals surface area contributed by atoms with Gasteiger partial charge in [-0.1, -0.05) is 45.0 Å². The zero-order valence-electron chi connectivity index (χ0n) is 16.1. The number of nitrogens with one attached hydrogen (secondary N) is 2. The first-order chi connectivity index (χ1) is 12.5. The van der Waals surface area contributed by atoms with Gasteiger partial charge in [-0.25, -0.2) is 0 Å². The number of thiocarbonyl (C=S) groups is 1. The van der Waals surface area contributed by atoms with E-state index in [4.69, 9.17) is 21.7 Å². The van der Waals surface area contributed by atoms with Crippen LogP contribution in [0.4, 0.5) is 5.69 Å². The summed E-state index contributed by atoms with van der Waals surface area (Å²) in [4.78, 5) is 0. The van der Waals surface area contributed by atoms with Crippen molar-refractivity contribution in [3.63, 3.8) is 0 Å². The highest BCUT2D eigenvalue weighted by Gasteiger charge is 2.12. The highest BCUT2D eigenvalue weighted by molar-refractivity contribution is 7.80. The summed E-state index contributed by atoms with van der Waals surface area (Å²) < 4.78 is 10.6. The van der Waals surface area contributed by atoms with E-state index < -0.39 is 0 Å². The van der Waals surface area contributed by atoms with Crippen LogP contribution in [-0.2, 0) is 0 Å². The van der Waals surface area contributed by atoms with Crippen LogP contribution >= 0.6 is 12.2 Å². The third kappa shape index (κ3) is 5.11. The second-order valence-corrected chi connectivity index (χ2v) is 6.86. The third-order valence-electron chi connectivity index (χ3n) is 4.36. The number of hydrogen-bond acceptors (Lipinski definition) is 3. The Balaban J connectivity index is 2.05. The summed E-state index contributed by atoms with van der Waals surface area (Å²) >= 11 is 5.49. The van der Waals surface area contributed by atoms with E-state index in [-0.39, 0.29) is 6.04 Å². The molecule has 0 aromatic heterocycles. The minimum atomic E-state index is 0.163. The molecule has 26 heavy (non-hydrogen) atoms. The second-order valence-electron chi connectivity index (χ2n) is 6.45. The number of ether oxygens (including phenoxy) is 2. The van der Waals surface area contributed by atoms with Crippen LogP contribution in [0.15, 0.2) is 42.5 Å². The molecule has 0 saturated carbocycles. The molecular weight excluding hydrogens is 344 g/mol. The van der Waals surface area contributed by atoms with E-state index in [2.05, 4.69) is 55.7 Å². The topological polar surface area (TPSA) is 42.5 Å². The molecule has 0 amide bonds. The van der Waals surface area contributed by atoms with Gasteiger partial charge in [-0.3, -0.25) is 0 Å². The van der Waals surface area contributed by atoms with Gasteiger partial charge < -0.3 is 20.1 Å². The van der Waals surface area contributed by atoms with Crippen LogP contribution in [0.25, 0.3) is 0 Å². The van der Waals surface area contributed by atoms with Crippen molar-refractivity contribution in [3.05, 3.63) is 53.6 Å². The van der Waals surface area contributed by atoms with Crippen molar-refractivity contribution in [2.75, 3.05) is 19.5 Å². The highest BCUT2D eigenvalue weighted by Crippen LogP contribution is 2.29. The number of benzene rings is 2. The summed E-state index contributed by atoms with van der Waals surface area (Å²) in [5, 5.41) is 7.19. The lowest BCUT2D eigenvalue weighted by molar-refractivity contribution is 0.355. The third-order valence-corrected chi connectivity index (χ3v) is 4.58. The fourth-order valence-corrected chi connectivity index (χ4v) is 3.03. The Morgan fingerprint density at radius 1 is 0.962 bits per heavy atom. The molecule has 0 bridgehead atoms. The Kier molecular flexibility index (Phi) is 7.27. The van der Waals surface area contributed by atoms with Crippen LogP contribution < -0.4 is 20.1 Å². The predicted molar refractivity (Wildman–Crippen MR) is 112 cm³/mol. The molecule has 2 aromatic carbocycles. The van der Waals surface area contributed by atoms with Gasteiger partial charge in [0.1, 0.15) is 0 Å². The zero-order valence-corrected chi connectivity index (χ0v) is 16.9. The maximum Gasteiger partial charge on any atom is 0.171 e. The molecule has 4 nitrogen and oxygen atoms in total. The van der Waals surface area contributed by atoms with Crippen molar-refractivity contribution in [3.8, 4) is 11.5 Å². The normalized spacial score (nSPS) is 11.8. The minimum Gasteiger partial charge on any atom is -0.493 e. The Hall–Kier alpha value is -2.27. The Labute approximate surface area is 161 Å². The monoisotopic (exact) mass is 372 g/mol. The molecule has 140 valence electrons. The molecule has 5 heteroatoms.